The highest BCUT2D eigenvalue weighted by Gasteiger charge is 2.18. The van der Waals surface area contributed by atoms with Crippen LogP contribution in [0.15, 0.2) is 35.2 Å². The average molecular weight is 309 g/mol. The Kier molecular flexibility index (Phi) is 3.84. The lowest BCUT2D eigenvalue weighted by molar-refractivity contribution is 0.0981. The number of hydrogen-bond acceptors (Lipinski definition) is 6. The normalized spacial score (nSPS) is 10.6. The lowest BCUT2D eigenvalue weighted by Gasteiger charge is -2.11. The van der Waals surface area contributed by atoms with E-state index in [-0.39, 0.29) is 11.7 Å². The van der Waals surface area contributed by atoms with E-state index in [0.29, 0.717) is 5.69 Å². The van der Waals surface area contributed by atoms with Gasteiger partial charge in [-0.05, 0) is 31.9 Å². The fourth-order valence-electron chi connectivity index (χ4n) is 2.38. The second-order valence-corrected chi connectivity index (χ2v) is 5.24. The van der Waals surface area contributed by atoms with Crippen LogP contribution in [0.2, 0.25) is 0 Å². The zero-order valence-corrected chi connectivity index (χ0v) is 13.0. The molecular formula is C16H15N5O2. The van der Waals surface area contributed by atoms with Crippen LogP contribution in [-0.4, -0.2) is 26.0 Å². The van der Waals surface area contributed by atoms with E-state index >= 15 is 0 Å². The quantitative estimate of drug-likeness (QED) is 0.799. The summed E-state index contributed by atoms with van der Waals surface area (Å²) in [6, 6.07) is 4.00. The Bertz CT molecular complexity index is 835. The van der Waals surface area contributed by atoms with Gasteiger partial charge in [0.1, 0.15) is 5.69 Å². The molecule has 7 nitrogen and oxygen atoms in total. The van der Waals surface area contributed by atoms with Gasteiger partial charge in [-0.1, -0.05) is 22.9 Å². The van der Waals surface area contributed by atoms with Crippen molar-refractivity contribution in [3.05, 3.63) is 53.3 Å². The van der Waals surface area contributed by atoms with Crippen LogP contribution in [0.4, 0.5) is 5.69 Å². The topological polar surface area (TPSA) is 93.8 Å². The molecular weight excluding hydrogens is 294 g/mol. The minimum Gasteiger partial charge on any atom is -0.328 e. The molecule has 3 rings (SSSR count). The highest BCUT2D eigenvalue weighted by atomic mass is 16.5. The zero-order chi connectivity index (χ0) is 16.4. The van der Waals surface area contributed by atoms with Gasteiger partial charge in [-0.2, -0.15) is 4.98 Å². The summed E-state index contributed by atoms with van der Waals surface area (Å²) < 4.78 is 5.02. The predicted molar refractivity (Wildman–Crippen MR) is 83.9 cm³/mol. The summed E-state index contributed by atoms with van der Waals surface area (Å²) in [5.41, 5.74) is 4.28. The van der Waals surface area contributed by atoms with Crippen LogP contribution in [0.5, 0.6) is 0 Å². The molecule has 0 bridgehead atoms. The molecule has 7 heteroatoms. The Morgan fingerprint density at radius 3 is 2.52 bits per heavy atom. The smallest absolute Gasteiger partial charge is 0.316 e. The van der Waals surface area contributed by atoms with E-state index in [1.807, 2.05) is 32.9 Å². The third-order valence-electron chi connectivity index (χ3n) is 3.33. The number of hydrogen-bond donors (Lipinski definition) is 1. The SMILES string of the molecule is Cc1cc(C)c(NC(=O)c2nc(-c3cnccn3)no2)c(C)c1. The second kappa shape index (κ2) is 5.96. The highest BCUT2D eigenvalue weighted by Crippen LogP contribution is 2.22. The van der Waals surface area contributed by atoms with Crippen molar-refractivity contribution in [3.8, 4) is 11.5 Å². The minimum absolute atomic E-state index is 0.120. The van der Waals surface area contributed by atoms with Crippen molar-refractivity contribution in [2.75, 3.05) is 5.32 Å². The largest absolute Gasteiger partial charge is 0.328 e. The van der Waals surface area contributed by atoms with Crippen molar-refractivity contribution in [2.24, 2.45) is 0 Å². The van der Waals surface area contributed by atoms with E-state index in [1.165, 1.54) is 12.4 Å². The molecule has 1 N–H and O–H groups in total. The zero-order valence-electron chi connectivity index (χ0n) is 13.0. The number of anilines is 1. The molecule has 1 amide bonds. The van der Waals surface area contributed by atoms with Gasteiger partial charge in [0.25, 0.3) is 0 Å². The molecule has 0 fully saturated rings. The molecule has 1 aromatic carbocycles. The van der Waals surface area contributed by atoms with Crippen molar-refractivity contribution in [1.29, 1.82) is 0 Å². The standard InChI is InChI=1S/C16H15N5O2/c1-9-6-10(2)13(11(3)7-9)19-15(22)16-20-14(21-23-16)12-8-17-4-5-18-12/h4-8H,1-3H3,(H,19,22). The molecule has 0 aliphatic carbocycles. The van der Waals surface area contributed by atoms with Gasteiger partial charge >= 0.3 is 11.8 Å². The average Bonchev–Trinajstić information content (AvgIpc) is 3.01. The first-order chi connectivity index (χ1) is 11.0. The first kappa shape index (κ1) is 14.8. The fraction of sp³-hybridized carbons (Fsp3) is 0.188. The number of aromatic nitrogens is 4. The molecule has 116 valence electrons. The minimum atomic E-state index is -0.456. The first-order valence-corrected chi connectivity index (χ1v) is 7.04. The van der Waals surface area contributed by atoms with Crippen molar-refractivity contribution < 1.29 is 9.32 Å². The van der Waals surface area contributed by atoms with Crippen molar-refractivity contribution in [3.63, 3.8) is 0 Å². The van der Waals surface area contributed by atoms with Crippen LogP contribution in [0, 0.1) is 20.8 Å². The molecule has 0 aliphatic rings. The summed E-state index contributed by atoms with van der Waals surface area (Å²) in [6.45, 7) is 5.89. The van der Waals surface area contributed by atoms with Gasteiger partial charge in [-0.3, -0.25) is 9.78 Å². The predicted octanol–water partition coefficient (Wildman–Crippen LogP) is 2.70. The fourth-order valence-corrected chi connectivity index (χ4v) is 2.38. The van der Waals surface area contributed by atoms with Crippen molar-refractivity contribution in [2.45, 2.75) is 20.8 Å². The number of nitrogens with one attached hydrogen (secondary N) is 1. The summed E-state index contributed by atoms with van der Waals surface area (Å²) in [7, 11) is 0. The van der Waals surface area contributed by atoms with Crippen molar-refractivity contribution in [1.82, 2.24) is 20.1 Å². The van der Waals surface area contributed by atoms with Crippen LogP contribution in [-0.2, 0) is 0 Å². The number of carbonyl (C=O) groups is 1. The maximum atomic E-state index is 12.3. The van der Waals surface area contributed by atoms with Crippen LogP contribution >= 0.6 is 0 Å². The molecule has 0 saturated carbocycles. The van der Waals surface area contributed by atoms with Gasteiger partial charge < -0.3 is 9.84 Å². The molecule has 2 heterocycles. The first-order valence-electron chi connectivity index (χ1n) is 7.04. The second-order valence-electron chi connectivity index (χ2n) is 5.24. The number of aryl methyl sites for hydroxylation is 3. The van der Waals surface area contributed by atoms with E-state index in [4.69, 9.17) is 4.52 Å². The summed E-state index contributed by atoms with van der Waals surface area (Å²) in [4.78, 5) is 24.4. The summed E-state index contributed by atoms with van der Waals surface area (Å²) in [5, 5.41) is 6.57. The number of benzene rings is 1. The Morgan fingerprint density at radius 1 is 1.13 bits per heavy atom. The Balaban J connectivity index is 1.84. The summed E-state index contributed by atoms with van der Waals surface area (Å²) in [5.74, 6) is -0.353. The summed E-state index contributed by atoms with van der Waals surface area (Å²) in [6.07, 6.45) is 4.56. The van der Waals surface area contributed by atoms with E-state index in [0.717, 1.165) is 22.4 Å². The maximum Gasteiger partial charge on any atom is 0.316 e. The van der Waals surface area contributed by atoms with Gasteiger partial charge in [-0.15, -0.1) is 0 Å². The molecule has 0 radical (unpaired) electrons. The van der Waals surface area contributed by atoms with Crippen LogP contribution < -0.4 is 5.32 Å². The molecule has 23 heavy (non-hydrogen) atoms. The highest BCUT2D eigenvalue weighted by molar-refractivity contribution is 6.02. The van der Waals surface area contributed by atoms with Gasteiger partial charge in [0.15, 0.2) is 0 Å². The van der Waals surface area contributed by atoms with E-state index in [9.17, 15) is 4.79 Å². The Labute approximate surface area is 132 Å². The van der Waals surface area contributed by atoms with Crippen LogP contribution in [0.1, 0.15) is 27.4 Å². The van der Waals surface area contributed by atoms with Gasteiger partial charge in [-0.25, -0.2) is 4.98 Å². The number of rotatable bonds is 3. The molecule has 2 aromatic heterocycles. The molecule has 0 aliphatic heterocycles. The lowest BCUT2D eigenvalue weighted by atomic mass is 10.1. The third kappa shape index (κ3) is 3.08. The Hall–Kier alpha value is -3.09. The van der Waals surface area contributed by atoms with Crippen LogP contribution in [0.25, 0.3) is 11.5 Å². The molecule has 3 aromatic rings. The van der Waals surface area contributed by atoms with E-state index < -0.39 is 5.91 Å². The number of nitrogens with zero attached hydrogens (tertiary/aromatic N) is 4. The van der Waals surface area contributed by atoms with Crippen molar-refractivity contribution >= 4 is 11.6 Å². The van der Waals surface area contributed by atoms with Gasteiger partial charge in [0.2, 0.25) is 5.82 Å². The lowest BCUT2D eigenvalue weighted by Crippen LogP contribution is -2.14. The maximum absolute atomic E-state index is 12.3. The summed E-state index contributed by atoms with van der Waals surface area (Å²) >= 11 is 0. The molecule has 0 unspecified atom stereocenters. The number of carbonyl (C=O) groups excluding carboxylic acids is 1. The molecule has 0 atom stereocenters. The molecule has 0 spiro atoms. The molecule has 0 saturated heterocycles. The van der Waals surface area contributed by atoms with E-state index in [1.54, 1.807) is 6.20 Å². The number of amides is 1. The van der Waals surface area contributed by atoms with Gasteiger partial charge in [0.05, 0.1) is 6.20 Å². The monoisotopic (exact) mass is 309 g/mol. The van der Waals surface area contributed by atoms with Crippen LogP contribution in [0.3, 0.4) is 0 Å². The van der Waals surface area contributed by atoms with E-state index in [2.05, 4.69) is 25.4 Å². The third-order valence-corrected chi connectivity index (χ3v) is 3.33. The Morgan fingerprint density at radius 2 is 1.87 bits per heavy atom. The van der Waals surface area contributed by atoms with Gasteiger partial charge in [0, 0.05) is 18.1 Å².